The van der Waals surface area contributed by atoms with Crippen LogP contribution in [-0.2, 0) is 14.8 Å². The molecule has 2 unspecified atom stereocenters. The van der Waals surface area contributed by atoms with Gasteiger partial charge in [0, 0.05) is 6.42 Å². The summed E-state index contributed by atoms with van der Waals surface area (Å²) in [5, 5.41) is 10.7. The number of ketones is 1. The Morgan fingerprint density at radius 1 is 1.17 bits per heavy atom. The third-order valence-corrected chi connectivity index (χ3v) is 8.84. The first-order chi connectivity index (χ1) is 13.4. The van der Waals surface area contributed by atoms with Gasteiger partial charge in [-0.15, -0.1) is 0 Å². The molecule has 0 aliphatic heterocycles. The second-order valence-corrected chi connectivity index (χ2v) is 11.4. The van der Waals surface area contributed by atoms with Gasteiger partial charge in [0.1, 0.15) is 11.6 Å². The maximum absolute atomic E-state index is 14.0. The Morgan fingerprint density at radius 2 is 1.72 bits per heavy atom. The van der Waals surface area contributed by atoms with Gasteiger partial charge in [-0.3, -0.25) is 4.79 Å². The van der Waals surface area contributed by atoms with Crippen LogP contribution in [-0.4, -0.2) is 30.4 Å². The molecule has 0 aromatic heterocycles. The summed E-state index contributed by atoms with van der Waals surface area (Å²) in [5.41, 5.74) is -2.10. The van der Waals surface area contributed by atoms with Gasteiger partial charge in [-0.25, -0.2) is 17.2 Å². The van der Waals surface area contributed by atoms with Crippen LogP contribution in [0.2, 0.25) is 0 Å². The standard InChI is InChI=1S/C21H27F2NO4S/c1-20(2,24-29(27,28)19-16(22)4-3-5-17(19)23)18(25)8-15-13-6-12-7-14(15)11-21(26,9-12)10-13/h3-5,12-15,24,26H,6-11H2,1-2H3. The first-order valence-corrected chi connectivity index (χ1v) is 11.6. The van der Waals surface area contributed by atoms with E-state index in [0.29, 0.717) is 18.8 Å². The van der Waals surface area contributed by atoms with Crippen LogP contribution in [0.25, 0.3) is 0 Å². The van der Waals surface area contributed by atoms with E-state index in [2.05, 4.69) is 4.72 Å². The fourth-order valence-corrected chi connectivity index (χ4v) is 7.61. The maximum atomic E-state index is 14.0. The predicted molar refractivity (Wildman–Crippen MR) is 102 cm³/mol. The predicted octanol–water partition coefficient (Wildman–Crippen LogP) is 3.17. The largest absolute Gasteiger partial charge is 0.390 e. The number of hydrogen-bond donors (Lipinski definition) is 2. The maximum Gasteiger partial charge on any atom is 0.247 e. The fourth-order valence-electron chi connectivity index (χ4n) is 6.07. The molecule has 4 fully saturated rings. The average molecular weight is 428 g/mol. The van der Waals surface area contributed by atoms with Crippen molar-refractivity contribution in [3.63, 3.8) is 0 Å². The molecule has 4 aliphatic carbocycles. The number of benzene rings is 1. The molecule has 8 heteroatoms. The normalized spacial score (nSPS) is 33.8. The lowest BCUT2D eigenvalue weighted by molar-refractivity contribution is -0.158. The van der Waals surface area contributed by atoms with Crippen LogP contribution < -0.4 is 4.72 Å². The number of carbonyl (C=O) groups is 1. The fraction of sp³-hybridized carbons (Fsp3) is 0.667. The summed E-state index contributed by atoms with van der Waals surface area (Å²) in [7, 11) is -4.56. The zero-order valence-electron chi connectivity index (χ0n) is 16.6. The first kappa shape index (κ1) is 20.9. The van der Waals surface area contributed by atoms with Crippen LogP contribution >= 0.6 is 0 Å². The van der Waals surface area contributed by atoms with Gasteiger partial charge in [0.05, 0.1) is 11.1 Å². The minimum absolute atomic E-state index is 0.119. The van der Waals surface area contributed by atoms with Crippen molar-refractivity contribution in [3.05, 3.63) is 29.8 Å². The number of carbonyl (C=O) groups excluding carboxylic acids is 1. The van der Waals surface area contributed by atoms with Crippen LogP contribution in [0.5, 0.6) is 0 Å². The second kappa shape index (κ2) is 6.82. The lowest BCUT2D eigenvalue weighted by Crippen LogP contribution is -2.56. The second-order valence-electron chi connectivity index (χ2n) is 9.77. The lowest BCUT2D eigenvalue weighted by Gasteiger charge is -2.58. The van der Waals surface area contributed by atoms with Crippen molar-refractivity contribution in [2.45, 2.75) is 68.4 Å². The third-order valence-electron chi connectivity index (χ3n) is 7.13. The van der Waals surface area contributed by atoms with E-state index in [0.717, 1.165) is 37.5 Å². The van der Waals surface area contributed by atoms with Crippen molar-refractivity contribution in [2.75, 3.05) is 0 Å². The highest BCUT2D eigenvalue weighted by Gasteiger charge is 2.55. The molecule has 2 atom stereocenters. The molecule has 5 nitrogen and oxygen atoms in total. The van der Waals surface area contributed by atoms with Crippen molar-refractivity contribution in [2.24, 2.45) is 23.7 Å². The number of aliphatic hydroxyl groups is 1. The molecule has 1 aromatic carbocycles. The smallest absolute Gasteiger partial charge is 0.247 e. The first-order valence-electron chi connectivity index (χ1n) is 10.1. The van der Waals surface area contributed by atoms with Gasteiger partial charge in [-0.05, 0) is 81.8 Å². The molecule has 0 spiro atoms. The quantitative estimate of drug-likeness (QED) is 0.731. The zero-order chi connectivity index (χ0) is 21.2. The summed E-state index contributed by atoms with van der Waals surface area (Å²) in [4.78, 5) is 12.0. The van der Waals surface area contributed by atoms with Crippen molar-refractivity contribution < 1.29 is 27.1 Å². The summed E-state index contributed by atoms with van der Waals surface area (Å²) in [6.07, 6.45) is 4.45. The Morgan fingerprint density at radius 3 is 2.24 bits per heavy atom. The van der Waals surface area contributed by atoms with E-state index in [4.69, 9.17) is 0 Å². The summed E-state index contributed by atoms with van der Waals surface area (Å²) in [6.45, 7) is 2.85. The number of nitrogens with one attached hydrogen (secondary N) is 1. The van der Waals surface area contributed by atoms with Crippen molar-refractivity contribution in [3.8, 4) is 0 Å². The highest BCUT2D eigenvalue weighted by Crippen LogP contribution is 2.59. The van der Waals surface area contributed by atoms with E-state index in [9.17, 15) is 27.1 Å². The zero-order valence-corrected chi connectivity index (χ0v) is 17.4. The molecule has 29 heavy (non-hydrogen) atoms. The molecule has 0 radical (unpaired) electrons. The van der Waals surface area contributed by atoms with Crippen LogP contribution in [0.4, 0.5) is 8.78 Å². The van der Waals surface area contributed by atoms with Gasteiger partial charge in [0.15, 0.2) is 10.7 Å². The molecule has 4 bridgehead atoms. The monoisotopic (exact) mass is 427 g/mol. The highest BCUT2D eigenvalue weighted by molar-refractivity contribution is 7.89. The van der Waals surface area contributed by atoms with Gasteiger partial charge in [-0.2, -0.15) is 4.72 Å². The molecule has 1 aromatic rings. The van der Waals surface area contributed by atoms with Crippen LogP contribution in [0, 0.1) is 35.3 Å². The van der Waals surface area contributed by atoms with E-state index < -0.39 is 37.7 Å². The van der Waals surface area contributed by atoms with Gasteiger partial charge in [-0.1, -0.05) is 6.07 Å². The van der Waals surface area contributed by atoms with E-state index >= 15 is 0 Å². The Kier molecular flexibility index (Phi) is 4.91. The minimum Gasteiger partial charge on any atom is -0.390 e. The van der Waals surface area contributed by atoms with Crippen LogP contribution in [0.3, 0.4) is 0 Å². The minimum atomic E-state index is -4.56. The molecule has 0 saturated heterocycles. The third kappa shape index (κ3) is 3.75. The van der Waals surface area contributed by atoms with E-state index in [1.54, 1.807) is 0 Å². The number of rotatable bonds is 6. The number of hydrogen-bond acceptors (Lipinski definition) is 4. The SMILES string of the molecule is CC(C)(NS(=O)(=O)c1c(F)cccc1F)C(=O)CC1C2CC3CC1CC(O)(C3)C2. The van der Waals surface area contributed by atoms with Gasteiger partial charge in [0.25, 0.3) is 0 Å². The molecular formula is C21H27F2NO4S. The lowest BCUT2D eigenvalue weighted by atomic mass is 9.49. The Labute approximate surface area is 169 Å². The summed E-state index contributed by atoms with van der Waals surface area (Å²) < 4.78 is 55.3. The summed E-state index contributed by atoms with van der Waals surface area (Å²) in [5.74, 6) is -1.53. The molecule has 0 amide bonds. The molecule has 160 valence electrons. The van der Waals surface area contributed by atoms with Gasteiger partial charge in [0.2, 0.25) is 10.0 Å². The average Bonchev–Trinajstić information content (AvgIpc) is 2.55. The van der Waals surface area contributed by atoms with Gasteiger partial charge < -0.3 is 5.11 Å². The Hall–Kier alpha value is -1.38. The van der Waals surface area contributed by atoms with Gasteiger partial charge >= 0.3 is 0 Å². The molecule has 2 N–H and O–H groups in total. The summed E-state index contributed by atoms with van der Waals surface area (Å²) in [6, 6.07) is 2.82. The number of sulfonamides is 1. The highest BCUT2D eigenvalue weighted by atomic mass is 32.2. The van der Waals surface area contributed by atoms with Crippen molar-refractivity contribution in [1.29, 1.82) is 0 Å². The topological polar surface area (TPSA) is 83.5 Å². The Balaban J connectivity index is 1.50. The molecule has 4 saturated carbocycles. The van der Waals surface area contributed by atoms with E-state index in [1.807, 2.05) is 0 Å². The van der Waals surface area contributed by atoms with E-state index in [1.165, 1.54) is 13.8 Å². The van der Waals surface area contributed by atoms with Crippen LogP contribution in [0.15, 0.2) is 23.1 Å². The molecular weight excluding hydrogens is 400 g/mol. The van der Waals surface area contributed by atoms with Crippen molar-refractivity contribution in [1.82, 2.24) is 4.72 Å². The molecule has 5 rings (SSSR count). The molecule has 0 heterocycles. The number of Topliss-reactive ketones (excluding diaryl/α,β-unsaturated/α-hetero) is 1. The number of halogens is 2. The van der Waals surface area contributed by atoms with E-state index in [-0.39, 0.29) is 30.0 Å². The van der Waals surface area contributed by atoms with Crippen molar-refractivity contribution >= 4 is 15.8 Å². The van der Waals surface area contributed by atoms with Crippen LogP contribution in [0.1, 0.15) is 52.4 Å². The Bertz CT molecular complexity index is 910. The molecule has 4 aliphatic rings. The summed E-state index contributed by atoms with van der Waals surface area (Å²) >= 11 is 0.